The Morgan fingerprint density at radius 2 is 1.64 bits per heavy atom. The van der Waals surface area contributed by atoms with Crippen LogP contribution in [0.15, 0.2) is 43.3 Å². The zero-order chi connectivity index (χ0) is 24.2. The molecule has 172 valence electrons. The molecule has 0 radical (unpaired) electrons. The van der Waals surface area contributed by atoms with Crippen molar-refractivity contribution in [2.75, 3.05) is 19.0 Å². The van der Waals surface area contributed by atoms with Gasteiger partial charge in [-0.3, -0.25) is 24.0 Å². The summed E-state index contributed by atoms with van der Waals surface area (Å²) in [5.41, 5.74) is 6.99. The molecule has 0 atom stereocenters. The van der Waals surface area contributed by atoms with Crippen molar-refractivity contribution in [3.8, 4) is 5.69 Å². The average molecular weight is 511 g/mol. The third-order valence-corrected chi connectivity index (χ3v) is 7.09. The number of aliphatic imine (C=N–C) groups is 1. The Balaban J connectivity index is 1.85. The second-order valence-corrected chi connectivity index (χ2v) is 9.34. The zero-order valence-electron chi connectivity index (χ0n) is 19.8. The fourth-order valence-electron chi connectivity index (χ4n) is 4.02. The molecule has 0 spiro atoms. The van der Waals surface area contributed by atoms with Crippen LogP contribution < -0.4 is 16.1 Å². The van der Waals surface area contributed by atoms with Gasteiger partial charge in [0.15, 0.2) is 0 Å². The van der Waals surface area contributed by atoms with Gasteiger partial charge in [-0.25, -0.2) is 9.48 Å². The number of anilines is 1. The van der Waals surface area contributed by atoms with Gasteiger partial charge in [0.1, 0.15) is 0 Å². The van der Waals surface area contributed by atoms with E-state index in [1.54, 1.807) is 34.1 Å². The Morgan fingerprint density at radius 3 is 2.27 bits per heavy atom. The number of aryl methyl sites for hydroxylation is 3. The van der Waals surface area contributed by atoms with Gasteiger partial charge in [0.2, 0.25) is 0 Å². The van der Waals surface area contributed by atoms with Crippen molar-refractivity contribution in [3.05, 3.63) is 72.0 Å². The van der Waals surface area contributed by atoms with Crippen molar-refractivity contribution in [1.29, 1.82) is 0 Å². The van der Waals surface area contributed by atoms with Crippen LogP contribution in [0.1, 0.15) is 22.4 Å². The van der Waals surface area contributed by atoms with Gasteiger partial charge in [0.05, 0.1) is 33.7 Å². The highest BCUT2D eigenvalue weighted by molar-refractivity contribution is 9.10. The number of fused-ring (bicyclic) bond motifs is 1. The van der Waals surface area contributed by atoms with Gasteiger partial charge in [-0.2, -0.15) is 0 Å². The fraction of sp³-hybridized carbons (Fsp3) is 0.292. The first-order valence-electron chi connectivity index (χ1n) is 10.5. The molecule has 0 amide bonds. The fourth-order valence-corrected chi connectivity index (χ4v) is 4.45. The van der Waals surface area contributed by atoms with E-state index in [0.717, 1.165) is 43.7 Å². The van der Waals surface area contributed by atoms with Crippen LogP contribution in [-0.4, -0.2) is 39.2 Å². The molecule has 33 heavy (non-hydrogen) atoms. The summed E-state index contributed by atoms with van der Waals surface area (Å²) in [5.74, 6) is 0. The molecule has 8 nitrogen and oxygen atoms in total. The van der Waals surface area contributed by atoms with Crippen LogP contribution in [-0.2, 0) is 14.1 Å². The minimum atomic E-state index is -0.166. The summed E-state index contributed by atoms with van der Waals surface area (Å²) in [4.78, 5) is 32.3. The first kappa shape index (κ1) is 22.8. The Kier molecular flexibility index (Phi) is 5.69. The topological polar surface area (TPSA) is 80.3 Å². The van der Waals surface area contributed by atoms with Gasteiger partial charge < -0.3 is 4.90 Å². The lowest BCUT2D eigenvalue weighted by molar-refractivity contribution is 0.795. The third-order valence-electron chi connectivity index (χ3n) is 6.23. The third kappa shape index (κ3) is 3.66. The maximum atomic E-state index is 13.3. The van der Waals surface area contributed by atoms with E-state index in [2.05, 4.69) is 26.0 Å². The smallest absolute Gasteiger partial charge is 0.328 e. The first-order valence-corrected chi connectivity index (χ1v) is 11.3. The van der Waals surface area contributed by atoms with E-state index in [4.69, 9.17) is 0 Å². The minimum Gasteiger partial charge on any atom is -0.376 e. The van der Waals surface area contributed by atoms with Crippen LogP contribution in [0.4, 0.5) is 11.4 Å². The second-order valence-electron chi connectivity index (χ2n) is 8.49. The monoisotopic (exact) mass is 510 g/mol. The van der Waals surface area contributed by atoms with Crippen LogP contribution in [0, 0.1) is 20.8 Å². The molecule has 0 bridgehead atoms. The van der Waals surface area contributed by atoms with Crippen molar-refractivity contribution >= 4 is 44.6 Å². The predicted octanol–water partition coefficient (Wildman–Crippen LogP) is 3.86. The van der Waals surface area contributed by atoms with Crippen molar-refractivity contribution in [1.82, 2.24) is 18.9 Å². The van der Waals surface area contributed by atoms with Crippen LogP contribution >= 0.6 is 15.9 Å². The number of hydrogen-bond acceptors (Lipinski definition) is 4. The molecule has 4 rings (SSSR count). The van der Waals surface area contributed by atoms with Crippen LogP contribution in [0.5, 0.6) is 0 Å². The van der Waals surface area contributed by atoms with E-state index in [1.165, 1.54) is 0 Å². The number of aromatic nitrogens is 4. The quantitative estimate of drug-likeness (QED) is 0.423. The molecule has 2 heterocycles. The summed E-state index contributed by atoms with van der Waals surface area (Å²) >= 11 is 3.54. The first-order chi connectivity index (χ1) is 15.5. The molecule has 0 saturated heterocycles. The highest BCUT2D eigenvalue weighted by atomic mass is 79.9. The van der Waals surface area contributed by atoms with E-state index in [9.17, 15) is 9.59 Å². The number of H-pyrrole nitrogens is 1. The molecule has 2 aromatic heterocycles. The average Bonchev–Trinajstić information content (AvgIpc) is 3.17. The number of nitrogens with zero attached hydrogens (tertiary/aromatic N) is 5. The Morgan fingerprint density at radius 1 is 1.00 bits per heavy atom. The van der Waals surface area contributed by atoms with Crippen molar-refractivity contribution in [3.63, 3.8) is 0 Å². The van der Waals surface area contributed by atoms with E-state index < -0.39 is 0 Å². The number of nitrogens with one attached hydrogen (secondary N) is 1. The highest BCUT2D eigenvalue weighted by Gasteiger charge is 2.16. The van der Waals surface area contributed by atoms with E-state index in [1.807, 2.05) is 64.0 Å². The summed E-state index contributed by atoms with van der Waals surface area (Å²) in [5, 5.41) is 3.18. The van der Waals surface area contributed by atoms with Gasteiger partial charge in [-0.1, -0.05) is 15.9 Å². The van der Waals surface area contributed by atoms with Crippen molar-refractivity contribution in [2.45, 2.75) is 20.8 Å². The Labute approximate surface area is 199 Å². The van der Waals surface area contributed by atoms with Gasteiger partial charge in [-0.05, 0) is 56.2 Å². The van der Waals surface area contributed by atoms with E-state index >= 15 is 0 Å². The van der Waals surface area contributed by atoms with E-state index in [-0.39, 0.29) is 11.2 Å². The number of hydrogen-bond donors (Lipinski definition) is 1. The molecule has 0 unspecified atom stereocenters. The summed E-state index contributed by atoms with van der Waals surface area (Å²) in [6, 6.07) is 7.68. The standard InChI is InChI=1S/C24H27BrN6O2/c1-13-14(2)19(9-8-17(13)25)31-23(32)16(15(3)27-31)12-26-18-10-21-22(11-20(18)28(4)5)30(7)24(33)29(21)6/h8-12,27H,1-7H3. The zero-order valence-corrected chi connectivity index (χ0v) is 21.4. The molecule has 0 aliphatic heterocycles. The SMILES string of the molecule is Cc1[nH]n(-c2ccc(Br)c(C)c2C)c(=O)c1C=Nc1cc2c(cc1N(C)C)n(C)c(=O)n2C. The molecule has 2 aromatic carbocycles. The lowest BCUT2D eigenvalue weighted by atomic mass is 10.1. The molecule has 4 aromatic rings. The van der Waals surface area contributed by atoms with Gasteiger partial charge in [-0.15, -0.1) is 0 Å². The second kappa shape index (κ2) is 8.22. The molecule has 0 saturated carbocycles. The van der Waals surface area contributed by atoms with Gasteiger partial charge >= 0.3 is 5.69 Å². The molecule has 9 heteroatoms. The molecule has 0 fully saturated rings. The van der Waals surface area contributed by atoms with E-state index in [0.29, 0.717) is 11.3 Å². The summed E-state index contributed by atoms with van der Waals surface area (Å²) < 4.78 is 5.78. The number of halogens is 1. The summed E-state index contributed by atoms with van der Waals surface area (Å²) in [6.45, 7) is 5.87. The summed E-state index contributed by atoms with van der Waals surface area (Å²) in [7, 11) is 7.35. The molecular weight excluding hydrogens is 484 g/mol. The van der Waals surface area contributed by atoms with Gasteiger partial charge in [0, 0.05) is 44.6 Å². The lowest BCUT2D eigenvalue weighted by Crippen LogP contribution is -2.19. The van der Waals surface area contributed by atoms with Crippen LogP contribution in [0.3, 0.4) is 0 Å². The summed E-state index contributed by atoms with van der Waals surface area (Å²) in [6.07, 6.45) is 1.60. The number of imidazole rings is 1. The lowest BCUT2D eigenvalue weighted by Gasteiger charge is -2.15. The highest BCUT2D eigenvalue weighted by Crippen LogP contribution is 2.32. The van der Waals surface area contributed by atoms with Crippen molar-refractivity contribution < 1.29 is 0 Å². The molecule has 1 N–H and O–H groups in total. The van der Waals surface area contributed by atoms with Gasteiger partial charge in [0.25, 0.3) is 5.56 Å². The Hall–Kier alpha value is -3.33. The number of benzene rings is 2. The number of rotatable bonds is 4. The molecular formula is C24H27BrN6O2. The maximum Gasteiger partial charge on any atom is 0.328 e. The van der Waals surface area contributed by atoms with Crippen LogP contribution in [0.2, 0.25) is 0 Å². The normalized spacial score (nSPS) is 11.8. The van der Waals surface area contributed by atoms with Crippen LogP contribution in [0.25, 0.3) is 16.7 Å². The molecule has 0 aliphatic rings. The minimum absolute atomic E-state index is 0.0969. The number of aromatic amines is 1. The van der Waals surface area contributed by atoms with Crippen molar-refractivity contribution in [2.24, 2.45) is 19.1 Å². The predicted molar refractivity (Wildman–Crippen MR) is 138 cm³/mol. The maximum absolute atomic E-state index is 13.3. The Bertz CT molecular complexity index is 1550. The largest absolute Gasteiger partial charge is 0.376 e. The molecule has 0 aliphatic carbocycles.